The van der Waals surface area contributed by atoms with Gasteiger partial charge >= 0.3 is 5.97 Å². The molecule has 0 saturated carbocycles. The summed E-state index contributed by atoms with van der Waals surface area (Å²) in [5.74, 6) is 1.66. The molecule has 6 nitrogen and oxygen atoms in total. The molecule has 1 aliphatic rings. The van der Waals surface area contributed by atoms with Crippen molar-refractivity contribution in [2.45, 2.75) is 33.1 Å². The van der Waals surface area contributed by atoms with E-state index in [9.17, 15) is 9.90 Å². The van der Waals surface area contributed by atoms with Crippen molar-refractivity contribution >= 4 is 18.4 Å². The van der Waals surface area contributed by atoms with Gasteiger partial charge in [0.15, 0.2) is 0 Å². The molecule has 1 aromatic rings. The maximum absolute atomic E-state index is 11.2. The Bertz CT molecular complexity index is 578. The molecule has 1 aliphatic heterocycles. The molecule has 0 bridgehead atoms. The van der Waals surface area contributed by atoms with Crippen molar-refractivity contribution in [1.82, 2.24) is 0 Å². The number of hydrogen-bond donors (Lipinski definition) is 2. The van der Waals surface area contributed by atoms with Gasteiger partial charge in [0.25, 0.3) is 6.71 Å². The van der Waals surface area contributed by atoms with Crippen molar-refractivity contribution in [2.24, 2.45) is 0 Å². The van der Waals surface area contributed by atoms with Crippen LogP contribution in [0, 0.1) is 11.2 Å². The summed E-state index contributed by atoms with van der Waals surface area (Å²) in [5.41, 5.74) is 1.17. The third-order valence-electron chi connectivity index (χ3n) is 3.82. The summed E-state index contributed by atoms with van der Waals surface area (Å²) < 4.78 is 5.29. The summed E-state index contributed by atoms with van der Waals surface area (Å²) in [7, 11) is 1.49. The molecule has 0 aromatic heterocycles. The van der Waals surface area contributed by atoms with E-state index in [1.165, 1.54) is 13.2 Å². The van der Waals surface area contributed by atoms with Crippen LogP contribution in [-0.2, 0) is 6.61 Å². The smallest absolute Gasteiger partial charge is 0.336 e. The third-order valence-corrected chi connectivity index (χ3v) is 3.82. The molecule has 124 valence electrons. The molecule has 1 saturated heterocycles. The van der Waals surface area contributed by atoms with Gasteiger partial charge in [0.05, 0.1) is 25.0 Å². The van der Waals surface area contributed by atoms with E-state index in [2.05, 4.69) is 10.9 Å². The molecule has 0 amide bonds. The molecule has 23 heavy (non-hydrogen) atoms. The molecule has 1 aromatic carbocycles. The number of hydrogen-bond acceptors (Lipinski definition) is 5. The van der Waals surface area contributed by atoms with Gasteiger partial charge in [-0.3, -0.25) is 0 Å². The Hall–Kier alpha value is -2.20. The molecule has 0 aliphatic carbocycles. The van der Waals surface area contributed by atoms with E-state index >= 15 is 0 Å². The number of aliphatic hydroxyl groups is 1. The van der Waals surface area contributed by atoms with Crippen LogP contribution in [0.3, 0.4) is 0 Å². The molecule has 0 atom stereocenters. The number of carboxylic acids is 1. The molecule has 2 rings (SSSR count). The topological polar surface area (TPSA) is 93.8 Å². The molecule has 0 unspecified atom stereocenters. The average molecular weight is 318 g/mol. The Morgan fingerprint density at radius 1 is 1.39 bits per heavy atom. The van der Waals surface area contributed by atoms with Gasteiger partial charge in [-0.05, 0) is 30.3 Å². The normalized spacial score (nSPS) is 13.7. The lowest BCUT2D eigenvalue weighted by atomic mass is 9.45. The highest BCUT2D eigenvalue weighted by molar-refractivity contribution is 6.67. The van der Waals surface area contributed by atoms with Crippen LogP contribution >= 0.6 is 0 Å². The van der Waals surface area contributed by atoms with E-state index in [1.54, 1.807) is 6.07 Å². The van der Waals surface area contributed by atoms with Crippen LogP contribution in [0.15, 0.2) is 12.1 Å². The number of aliphatic hydroxyl groups excluding tert-OH is 1. The molecular formula is C16H23BN2O4. The van der Waals surface area contributed by atoms with E-state index in [0.717, 1.165) is 18.3 Å². The van der Waals surface area contributed by atoms with E-state index in [0.29, 0.717) is 24.4 Å². The monoisotopic (exact) mass is 318 g/mol. The van der Waals surface area contributed by atoms with E-state index in [-0.39, 0.29) is 18.9 Å². The number of carbonyl (C=O) groups is 1. The lowest BCUT2D eigenvalue weighted by molar-refractivity contribution is 0.0693. The van der Waals surface area contributed by atoms with Crippen LogP contribution in [0.4, 0.5) is 5.69 Å². The summed E-state index contributed by atoms with van der Waals surface area (Å²) in [4.78, 5) is 13.3. The van der Waals surface area contributed by atoms with Crippen LogP contribution in [-0.4, -0.2) is 43.1 Å². The molecule has 0 spiro atoms. The number of rotatable bonds is 4. The van der Waals surface area contributed by atoms with Crippen molar-refractivity contribution in [3.63, 3.8) is 0 Å². The van der Waals surface area contributed by atoms with Crippen LogP contribution in [0.1, 0.15) is 29.8 Å². The third kappa shape index (κ3) is 4.39. The number of nitrogens with zero attached hydrogens (tertiary/aromatic N) is 2. The minimum absolute atomic E-state index is 0.0463. The number of benzene rings is 1. The zero-order chi connectivity index (χ0) is 17.4. The van der Waals surface area contributed by atoms with Gasteiger partial charge in [-0.1, -0.05) is 13.8 Å². The number of carboxylic acid groups (broad SMARTS) is 1. The fourth-order valence-electron chi connectivity index (χ4n) is 2.60. The Morgan fingerprint density at radius 2 is 2.00 bits per heavy atom. The van der Waals surface area contributed by atoms with Gasteiger partial charge in [0.2, 0.25) is 0 Å². The molecule has 0 radical (unpaired) electrons. The maximum atomic E-state index is 11.2. The number of ether oxygens (including phenoxy) is 1. The number of methoxy groups -OCH3 is 1. The molecule has 1 heterocycles. The summed E-state index contributed by atoms with van der Waals surface area (Å²) in [6.45, 7) is 5.16. The first-order valence-electron chi connectivity index (χ1n) is 7.80. The largest absolute Gasteiger partial charge is 0.495 e. The second-order valence-corrected chi connectivity index (χ2v) is 5.03. The van der Waals surface area contributed by atoms with E-state index in [4.69, 9.17) is 15.1 Å². The maximum Gasteiger partial charge on any atom is 0.336 e. The van der Waals surface area contributed by atoms with Crippen molar-refractivity contribution in [1.29, 1.82) is 5.26 Å². The van der Waals surface area contributed by atoms with Gasteiger partial charge in [-0.2, -0.15) is 0 Å². The number of anilines is 1. The van der Waals surface area contributed by atoms with Gasteiger partial charge in [0.1, 0.15) is 5.75 Å². The minimum Gasteiger partial charge on any atom is -0.495 e. The van der Waals surface area contributed by atoms with Gasteiger partial charge in [-0.15, -0.1) is 0 Å². The molecule has 1 fully saturated rings. The fourth-order valence-corrected chi connectivity index (χ4v) is 2.60. The Morgan fingerprint density at radius 3 is 2.43 bits per heavy atom. The SMILES string of the molecule is CC.COc1cc(C(=O)O)c(CO)cc1N1CCB(C#N)CC1. The first kappa shape index (κ1) is 18.9. The predicted octanol–water partition coefficient (Wildman–Crippen LogP) is 2.29. The average Bonchev–Trinajstić information content (AvgIpc) is 2.62. The second-order valence-electron chi connectivity index (χ2n) is 5.03. The highest BCUT2D eigenvalue weighted by Gasteiger charge is 2.25. The Labute approximate surface area is 137 Å². The summed E-state index contributed by atoms with van der Waals surface area (Å²) >= 11 is 0. The summed E-state index contributed by atoms with van der Waals surface area (Å²) in [6, 6.07) is 3.11. The van der Waals surface area contributed by atoms with Crippen molar-refractivity contribution in [2.75, 3.05) is 25.1 Å². The summed E-state index contributed by atoms with van der Waals surface area (Å²) in [5, 5.41) is 27.5. The van der Waals surface area contributed by atoms with Crippen LogP contribution in [0.25, 0.3) is 0 Å². The molecular weight excluding hydrogens is 295 g/mol. The lowest BCUT2D eigenvalue weighted by Gasteiger charge is -2.31. The molecule has 7 heteroatoms. The van der Waals surface area contributed by atoms with Gasteiger partial charge < -0.3 is 19.8 Å². The lowest BCUT2D eigenvalue weighted by Crippen LogP contribution is -2.36. The highest BCUT2D eigenvalue weighted by atomic mass is 16.5. The Kier molecular flexibility index (Phi) is 7.43. The van der Waals surface area contributed by atoms with Gasteiger partial charge in [0, 0.05) is 19.1 Å². The fraction of sp³-hybridized carbons (Fsp3) is 0.500. The quantitative estimate of drug-likeness (QED) is 0.827. The molecule has 2 N–H and O–H groups in total. The van der Waals surface area contributed by atoms with Crippen molar-refractivity contribution in [3.8, 4) is 11.7 Å². The van der Waals surface area contributed by atoms with E-state index < -0.39 is 5.97 Å². The van der Waals surface area contributed by atoms with Crippen LogP contribution in [0.5, 0.6) is 5.75 Å². The van der Waals surface area contributed by atoms with E-state index in [1.807, 2.05) is 13.8 Å². The first-order valence-corrected chi connectivity index (χ1v) is 7.80. The van der Waals surface area contributed by atoms with Crippen molar-refractivity contribution in [3.05, 3.63) is 23.3 Å². The van der Waals surface area contributed by atoms with Crippen LogP contribution in [0.2, 0.25) is 12.6 Å². The van der Waals surface area contributed by atoms with Crippen molar-refractivity contribution < 1.29 is 19.7 Å². The predicted molar refractivity (Wildman–Crippen MR) is 90.4 cm³/mol. The highest BCUT2D eigenvalue weighted by Crippen LogP contribution is 2.33. The number of aromatic carboxylic acids is 1. The zero-order valence-corrected chi connectivity index (χ0v) is 13.9. The van der Waals surface area contributed by atoms with Gasteiger partial charge in [-0.25, -0.2) is 10.1 Å². The number of nitriles is 1. The van der Waals surface area contributed by atoms with Crippen LogP contribution < -0.4 is 9.64 Å². The summed E-state index contributed by atoms with van der Waals surface area (Å²) in [6.07, 6.45) is 1.55. The second kappa shape index (κ2) is 9.06. The first-order chi connectivity index (χ1) is 11.1. The zero-order valence-electron chi connectivity index (χ0n) is 13.9. The minimum atomic E-state index is -1.09. The standard InChI is InChI=1S/C14H17BN2O4.C2H6/c1-21-13-7-11(14(19)20)10(8-18)6-12(13)17-4-2-15(9-16)3-5-17;1-2/h6-7,18H,2-5,8H2,1H3,(H,19,20);1-2H3. The Balaban J connectivity index is 0.00000127.